The van der Waals surface area contributed by atoms with Crippen LogP contribution in [0, 0.1) is 0 Å². The van der Waals surface area contributed by atoms with Gasteiger partial charge in [0.05, 0.1) is 0 Å². The predicted octanol–water partition coefficient (Wildman–Crippen LogP) is 4.73. The Labute approximate surface area is 237 Å². The molecule has 15 heteroatoms. The summed E-state index contributed by atoms with van der Waals surface area (Å²) in [5.41, 5.74) is 2.33. The summed E-state index contributed by atoms with van der Waals surface area (Å²) in [4.78, 5) is 38.5. The third-order valence-electron chi connectivity index (χ3n) is 6.63. The van der Waals surface area contributed by atoms with Crippen LogP contribution in [0.3, 0.4) is 0 Å². The zero-order valence-electron chi connectivity index (χ0n) is 22.8. The van der Waals surface area contributed by atoms with Crippen molar-refractivity contribution >= 4 is 17.8 Å². The molecule has 2 N–H and O–H groups in total. The van der Waals surface area contributed by atoms with Crippen molar-refractivity contribution in [2.75, 3.05) is 27.2 Å². The van der Waals surface area contributed by atoms with Crippen LogP contribution in [0.2, 0.25) is 0 Å². The van der Waals surface area contributed by atoms with Crippen molar-refractivity contribution in [3.63, 3.8) is 0 Å². The van der Waals surface area contributed by atoms with Crippen molar-refractivity contribution in [2.24, 2.45) is 0 Å². The Morgan fingerprint density at radius 3 is 1.93 bits per heavy atom. The number of carbonyl (C=O) groups excluding carboxylic acids is 1. The minimum atomic E-state index is -5.08. The van der Waals surface area contributed by atoms with Gasteiger partial charge in [0.1, 0.15) is 11.4 Å². The molecule has 42 heavy (non-hydrogen) atoms. The van der Waals surface area contributed by atoms with Crippen molar-refractivity contribution in [2.45, 2.75) is 56.1 Å². The number of carbonyl (C=O) groups is 3. The van der Waals surface area contributed by atoms with E-state index in [0.717, 1.165) is 44.6 Å². The van der Waals surface area contributed by atoms with Crippen molar-refractivity contribution < 1.29 is 55.7 Å². The van der Waals surface area contributed by atoms with Gasteiger partial charge < -0.3 is 19.8 Å². The van der Waals surface area contributed by atoms with Gasteiger partial charge in [0.2, 0.25) is 5.91 Å². The summed E-state index contributed by atoms with van der Waals surface area (Å²) in [6.45, 7) is 2.98. The van der Waals surface area contributed by atoms with Crippen LogP contribution >= 0.6 is 0 Å². The fourth-order valence-corrected chi connectivity index (χ4v) is 4.49. The maximum atomic E-state index is 12.4. The number of ether oxygens (including phenoxy) is 1. The Hall–Kier alpha value is -3.88. The van der Waals surface area contributed by atoms with Gasteiger partial charge in [0.25, 0.3) is 0 Å². The number of halogens is 6. The Morgan fingerprint density at radius 1 is 0.952 bits per heavy atom. The first-order chi connectivity index (χ1) is 19.4. The second-order valence-electron chi connectivity index (χ2n) is 9.95. The number of aromatic nitrogens is 1. The van der Waals surface area contributed by atoms with Gasteiger partial charge in [-0.25, -0.2) is 9.59 Å². The lowest BCUT2D eigenvalue weighted by Crippen LogP contribution is -2.50. The van der Waals surface area contributed by atoms with E-state index in [0.29, 0.717) is 6.42 Å². The lowest BCUT2D eigenvalue weighted by atomic mass is 9.76. The Bertz CT molecular complexity index is 1170. The molecule has 2 aliphatic heterocycles. The summed E-state index contributed by atoms with van der Waals surface area (Å²) in [7, 11) is 3.67. The second kappa shape index (κ2) is 14.3. The van der Waals surface area contributed by atoms with Crippen LogP contribution in [0.25, 0.3) is 0 Å². The number of carboxylic acids is 2. The lowest BCUT2D eigenvalue weighted by molar-refractivity contribution is -0.193. The maximum Gasteiger partial charge on any atom is 0.490 e. The van der Waals surface area contributed by atoms with Gasteiger partial charge in [-0.1, -0.05) is 18.2 Å². The summed E-state index contributed by atoms with van der Waals surface area (Å²) in [6, 6.07) is 12.4. The van der Waals surface area contributed by atoms with Crippen LogP contribution in [0.4, 0.5) is 26.3 Å². The molecule has 1 aromatic heterocycles. The molecular formula is C27H31F6N3O6. The van der Waals surface area contributed by atoms with Crippen molar-refractivity contribution in [1.29, 1.82) is 0 Å². The average molecular weight is 608 g/mol. The van der Waals surface area contributed by atoms with Crippen LogP contribution in [-0.2, 0) is 20.9 Å². The normalized spacial score (nSPS) is 17.8. The maximum absolute atomic E-state index is 12.4. The number of fused-ring (bicyclic) bond motifs is 1. The second-order valence-corrected chi connectivity index (χ2v) is 9.95. The molecule has 9 nitrogen and oxygen atoms in total. The van der Waals surface area contributed by atoms with Gasteiger partial charge in [-0.3, -0.25) is 14.7 Å². The quantitative estimate of drug-likeness (QED) is 0.479. The number of benzene rings is 1. The third-order valence-corrected chi connectivity index (χ3v) is 6.63. The molecule has 0 bridgehead atoms. The predicted molar refractivity (Wildman–Crippen MR) is 137 cm³/mol. The molecule has 1 fully saturated rings. The third kappa shape index (κ3) is 10.5. The number of para-hydroxylation sites is 1. The van der Waals surface area contributed by atoms with E-state index in [1.807, 2.05) is 38.6 Å². The minimum absolute atomic E-state index is 0.152. The number of carboxylic acid groups (broad SMARTS) is 2. The van der Waals surface area contributed by atoms with Crippen LogP contribution < -0.4 is 4.74 Å². The van der Waals surface area contributed by atoms with Gasteiger partial charge in [0, 0.05) is 58.5 Å². The van der Waals surface area contributed by atoms with Crippen molar-refractivity contribution in [1.82, 2.24) is 14.8 Å². The molecule has 1 spiro atoms. The Morgan fingerprint density at radius 2 is 1.45 bits per heavy atom. The fourth-order valence-electron chi connectivity index (χ4n) is 4.49. The number of hydrogen-bond donors (Lipinski definition) is 2. The summed E-state index contributed by atoms with van der Waals surface area (Å²) in [6.07, 6.45) is -2.98. The van der Waals surface area contributed by atoms with E-state index in [1.54, 1.807) is 4.90 Å². The summed E-state index contributed by atoms with van der Waals surface area (Å²) >= 11 is 0. The highest BCUT2D eigenvalue weighted by Crippen LogP contribution is 2.46. The first kappa shape index (κ1) is 34.3. The smallest absolute Gasteiger partial charge is 0.487 e. The van der Waals surface area contributed by atoms with Crippen LogP contribution in [0.1, 0.15) is 42.7 Å². The molecule has 0 saturated carbocycles. The van der Waals surface area contributed by atoms with Gasteiger partial charge >= 0.3 is 24.3 Å². The molecule has 0 aliphatic carbocycles. The number of piperidine rings is 1. The molecule has 2 aliphatic rings. The number of alkyl halides is 6. The van der Waals surface area contributed by atoms with E-state index in [2.05, 4.69) is 34.1 Å². The van der Waals surface area contributed by atoms with Crippen molar-refractivity contribution in [3.05, 3.63) is 59.9 Å². The Kier molecular flexibility index (Phi) is 11.7. The van der Waals surface area contributed by atoms with Gasteiger partial charge in [-0.2, -0.15) is 26.3 Å². The number of pyridine rings is 1. The largest absolute Gasteiger partial charge is 0.490 e. The summed E-state index contributed by atoms with van der Waals surface area (Å²) in [5.74, 6) is -4.13. The van der Waals surface area contributed by atoms with E-state index in [4.69, 9.17) is 24.5 Å². The van der Waals surface area contributed by atoms with Crippen LogP contribution in [0.15, 0.2) is 48.8 Å². The van der Waals surface area contributed by atoms with E-state index in [9.17, 15) is 31.1 Å². The fraction of sp³-hybridized carbons (Fsp3) is 0.481. The van der Waals surface area contributed by atoms with E-state index >= 15 is 0 Å². The topological polar surface area (TPSA) is 120 Å². The SMILES string of the molecule is CN(C)C(=O)CC1CC2(CCN(Cc3ccncc3)CC2)Oc2ccccc21.O=C(O)C(F)(F)F.O=C(O)C(F)(F)F. The number of amides is 1. The highest BCUT2D eigenvalue weighted by atomic mass is 19.4. The highest BCUT2D eigenvalue weighted by Gasteiger charge is 2.44. The highest BCUT2D eigenvalue weighted by molar-refractivity contribution is 5.77. The zero-order valence-corrected chi connectivity index (χ0v) is 22.8. The lowest BCUT2D eigenvalue weighted by Gasteiger charge is -2.47. The van der Waals surface area contributed by atoms with E-state index < -0.39 is 24.3 Å². The number of nitrogens with zero attached hydrogens (tertiary/aromatic N) is 3. The summed E-state index contributed by atoms with van der Waals surface area (Å²) < 4.78 is 70.0. The van der Waals surface area contributed by atoms with Crippen molar-refractivity contribution in [3.8, 4) is 5.75 Å². The number of hydrogen-bond acceptors (Lipinski definition) is 6. The molecule has 2 aromatic rings. The van der Waals surface area contributed by atoms with Crippen LogP contribution in [0.5, 0.6) is 5.75 Å². The molecule has 0 radical (unpaired) electrons. The molecule has 1 unspecified atom stereocenters. The number of likely N-dealkylation sites (tertiary alicyclic amines) is 1. The number of rotatable bonds is 4. The molecule has 1 atom stereocenters. The van der Waals surface area contributed by atoms with E-state index in [-0.39, 0.29) is 17.4 Å². The van der Waals surface area contributed by atoms with Gasteiger partial charge in [-0.15, -0.1) is 0 Å². The van der Waals surface area contributed by atoms with Gasteiger partial charge in [0.15, 0.2) is 0 Å². The minimum Gasteiger partial charge on any atom is -0.487 e. The number of aliphatic carboxylic acids is 2. The summed E-state index contributed by atoms with van der Waals surface area (Å²) in [5, 5.41) is 14.2. The molecule has 3 heterocycles. The first-order valence-corrected chi connectivity index (χ1v) is 12.6. The Balaban J connectivity index is 0.000000367. The molecule has 1 aromatic carbocycles. The molecule has 1 amide bonds. The molecule has 232 valence electrons. The molecule has 1 saturated heterocycles. The molecule has 4 rings (SSSR count). The zero-order chi connectivity index (χ0) is 31.7. The van der Waals surface area contributed by atoms with Crippen LogP contribution in [-0.4, -0.2) is 88.0 Å². The van der Waals surface area contributed by atoms with Gasteiger partial charge in [-0.05, 0) is 48.6 Å². The average Bonchev–Trinajstić information content (AvgIpc) is 2.90. The first-order valence-electron chi connectivity index (χ1n) is 12.6. The van der Waals surface area contributed by atoms with E-state index in [1.165, 1.54) is 11.1 Å². The molecular weight excluding hydrogens is 576 g/mol. The monoisotopic (exact) mass is 607 g/mol. The standard InChI is InChI=1S/C23H29N3O2.2C2HF3O2/c1-25(2)22(27)15-19-16-23(28-21-6-4-3-5-20(19)21)9-13-26(14-10-23)17-18-7-11-24-12-8-18;2*3-2(4,5)1(6)7/h3-8,11-12,19H,9-10,13-17H2,1-2H3;2*(H,6,7).